The van der Waals surface area contributed by atoms with Crippen molar-refractivity contribution in [2.75, 3.05) is 13.2 Å². The number of benzene rings is 1. The smallest absolute Gasteiger partial charge is 0.338 e. The highest BCUT2D eigenvalue weighted by Gasteiger charge is 2.07. The number of amides is 1. The number of hydrogen-bond donors (Lipinski definition) is 1. The van der Waals surface area contributed by atoms with Gasteiger partial charge in [-0.3, -0.25) is 4.79 Å². The Balaban J connectivity index is 2.41. The van der Waals surface area contributed by atoms with Crippen molar-refractivity contribution in [2.45, 2.75) is 27.2 Å². The maximum absolute atomic E-state index is 11.6. The number of carbonyl (C=O) groups is 2. The molecule has 0 atom stereocenters. The van der Waals surface area contributed by atoms with Crippen LogP contribution in [0.5, 0.6) is 5.75 Å². The summed E-state index contributed by atoms with van der Waals surface area (Å²) in [4.78, 5) is 23.1. The van der Waals surface area contributed by atoms with Gasteiger partial charge >= 0.3 is 5.97 Å². The first kappa shape index (κ1) is 17.7. The molecule has 1 aromatic carbocycles. The fraction of sp³-hybridized carbons (Fsp3) is 0.438. The lowest BCUT2D eigenvalue weighted by atomic mass is 10.2. The zero-order chi connectivity index (χ0) is 16.4. The molecule has 0 saturated heterocycles. The summed E-state index contributed by atoms with van der Waals surface area (Å²) in [6.07, 6.45) is 2.41. The Bertz CT molecular complexity index is 509. The molecule has 22 heavy (non-hydrogen) atoms. The monoisotopic (exact) mass is 306 g/mol. The number of ether oxygens (including phenoxy) is 2. The molecule has 0 aliphatic heterocycles. The van der Waals surface area contributed by atoms with Gasteiger partial charge in [-0.05, 0) is 36.6 Å². The van der Waals surface area contributed by atoms with Crippen molar-refractivity contribution in [2.24, 2.45) is 11.0 Å². The molecule has 0 bridgehead atoms. The Labute approximate surface area is 130 Å². The third-order valence-electron chi connectivity index (χ3n) is 2.46. The van der Waals surface area contributed by atoms with Gasteiger partial charge in [0.2, 0.25) is 0 Å². The van der Waals surface area contributed by atoms with Crippen LogP contribution in [0.3, 0.4) is 0 Å². The molecule has 1 rings (SSSR count). The van der Waals surface area contributed by atoms with Gasteiger partial charge in [0.15, 0.2) is 6.61 Å². The van der Waals surface area contributed by atoms with E-state index in [9.17, 15) is 9.59 Å². The average molecular weight is 306 g/mol. The summed E-state index contributed by atoms with van der Waals surface area (Å²) >= 11 is 0. The molecule has 1 N–H and O–H groups in total. The van der Waals surface area contributed by atoms with Crippen LogP contribution in [0, 0.1) is 5.92 Å². The van der Waals surface area contributed by atoms with Gasteiger partial charge in [-0.25, -0.2) is 10.2 Å². The summed E-state index contributed by atoms with van der Waals surface area (Å²) in [6, 6.07) is 6.44. The van der Waals surface area contributed by atoms with E-state index in [1.165, 1.54) is 0 Å². The molecule has 6 heteroatoms. The largest absolute Gasteiger partial charge is 0.484 e. The van der Waals surface area contributed by atoms with E-state index >= 15 is 0 Å². The van der Waals surface area contributed by atoms with E-state index in [2.05, 4.69) is 10.5 Å². The normalized spacial score (nSPS) is 10.7. The summed E-state index contributed by atoms with van der Waals surface area (Å²) < 4.78 is 10.3. The standard InChI is InChI=1S/C16H22N2O4/c1-4-9-21-16(20)13-5-7-14(8-6-13)22-11-15(19)18-17-10-12(2)3/h5-8,10,12H,4,9,11H2,1-3H3,(H,18,19). The van der Waals surface area contributed by atoms with Crippen molar-refractivity contribution in [3.8, 4) is 5.75 Å². The lowest BCUT2D eigenvalue weighted by Gasteiger charge is -2.06. The highest BCUT2D eigenvalue weighted by molar-refractivity contribution is 5.89. The van der Waals surface area contributed by atoms with E-state index < -0.39 is 0 Å². The Morgan fingerprint density at radius 2 is 1.95 bits per heavy atom. The second-order valence-corrected chi connectivity index (χ2v) is 5.01. The van der Waals surface area contributed by atoms with Gasteiger partial charge in [-0.1, -0.05) is 20.8 Å². The van der Waals surface area contributed by atoms with Crippen molar-refractivity contribution in [1.82, 2.24) is 5.43 Å². The highest BCUT2D eigenvalue weighted by atomic mass is 16.5. The molecular formula is C16H22N2O4. The number of rotatable bonds is 8. The average Bonchev–Trinajstić information content (AvgIpc) is 2.50. The summed E-state index contributed by atoms with van der Waals surface area (Å²) in [5.41, 5.74) is 2.82. The van der Waals surface area contributed by atoms with Gasteiger partial charge in [-0.2, -0.15) is 5.10 Å². The minimum atomic E-state index is -0.367. The maximum Gasteiger partial charge on any atom is 0.338 e. The van der Waals surface area contributed by atoms with Crippen LogP contribution in [-0.2, 0) is 9.53 Å². The maximum atomic E-state index is 11.6. The van der Waals surface area contributed by atoms with E-state index in [0.29, 0.717) is 17.9 Å². The molecule has 0 saturated carbocycles. The van der Waals surface area contributed by atoms with Crippen molar-refractivity contribution in [3.63, 3.8) is 0 Å². The van der Waals surface area contributed by atoms with Gasteiger partial charge in [0.25, 0.3) is 5.91 Å². The molecule has 0 spiro atoms. The first-order valence-corrected chi connectivity index (χ1v) is 7.25. The number of nitrogens with zero attached hydrogens (tertiary/aromatic N) is 1. The van der Waals surface area contributed by atoms with Gasteiger partial charge in [0.1, 0.15) is 5.75 Å². The Hall–Kier alpha value is -2.37. The molecule has 0 radical (unpaired) electrons. The minimum absolute atomic E-state index is 0.144. The second-order valence-electron chi connectivity index (χ2n) is 5.01. The first-order valence-electron chi connectivity index (χ1n) is 7.25. The van der Waals surface area contributed by atoms with Crippen molar-refractivity contribution in [1.29, 1.82) is 0 Å². The zero-order valence-corrected chi connectivity index (χ0v) is 13.2. The topological polar surface area (TPSA) is 77.0 Å². The summed E-state index contributed by atoms with van der Waals surface area (Å²) in [5.74, 6) is 0.0498. The Morgan fingerprint density at radius 1 is 1.27 bits per heavy atom. The van der Waals surface area contributed by atoms with Gasteiger partial charge in [0, 0.05) is 6.21 Å². The number of hydrogen-bond acceptors (Lipinski definition) is 5. The van der Waals surface area contributed by atoms with E-state index in [1.807, 2.05) is 20.8 Å². The predicted octanol–water partition coefficient (Wildman–Crippen LogP) is 2.39. The van der Waals surface area contributed by atoms with E-state index in [0.717, 1.165) is 6.42 Å². The number of carbonyl (C=O) groups excluding carboxylic acids is 2. The van der Waals surface area contributed by atoms with Crippen LogP contribution in [0.15, 0.2) is 29.4 Å². The molecule has 0 unspecified atom stereocenters. The molecule has 6 nitrogen and oxygen atoms in total. The third kappa shape index (κ3) is 6.88. The number of esters is 1. The lowest BCUT2D eigenvalue weighted by molar-refractivity contribution is -0.123. The third-order valence-corrected chi connectivity index (χ3v) is 2.46. The molecule has 120 valence electrons. The molecule has 1 amide bonds. The van der Waals surface area contributed by atoms with E-state index in [1.54, 1.807) is 30.5 Å². The molecule has 0 aromatic heterocycles. The van der Waals surface area contributed by atoms with Crippen molar-refractivity contribution in [3.05, 3.63) is 29.8 Å². The minimum Gasteiger partial charge on any atom is -0.484 e. The van der Waals surface area contributed by atoms with Crippen LogP contribution in [-0.4, -0.2) is 31.3 Å². The zero-order valence-electron chi connectivity index (χ0n) is 13.2. The Morgan fingerprint density at radius 3 is 2.55 bits per heavy atom. The molecule has 0 aliphatic carbocycles. The number of nitrogens with one attached hydrogen (secondary N) is 1. The Kier molecular flexibility index (Phi) is 7.67. The van der Waals surface area contributed by atoms with Crippen LogP contribution in [0.4, 0.5) is 0 Å². The van der Waals surface area contributed by atoms with Crippen LogP contribution in [0.1, 0.15) is 37.6 Å². The summed E-state index contributed by atoms with van der Waals surface area (Å²) in [6.45, 7) is 6.10. The SMILES string of the molecule is CCCOC(=O)c1ccc(OCC(=O)NN=CC(C)C)cc1. The van der Waals surface area contributed by atoms with Crippen molar-refractivity contribution >= 4 is 18.1 Å². The molecule has 0 heterocycles. The molecule has 0 fully saturated rings. The first-order chi connectivity index (χ1) is 10.5. The van der Waals surface area contributed by atoms with Crippen LogP contribution in [0.2, 0.25) is 0 Å². The summed E-state index contributed by atoms with van der Waals surface area (Å²) in [7, 11) is 0. The molecule has 0 aliphatic rings. The van der Waals surface area contributed by atoms with Crippen LogP contribution >= 0.6 is 0 Å². The predicted molar refractivity (Wildman–Crippen MR) is 84.0 cm³/mol. The highest BCUT2D eigenvalue weighted by Crippen LogP contribution is 2.13. The lowest BCUT2D eigenvalue weighted by Crippen LogP contribution is -2.24. The quantitative estimate of drug-likeness (QED) is 0.454. The number of hydrazone groups is 1. The molecule has 1 aromatic rings. The van der Waals surface area contributed by atoms with Gasteiger partial charge < -0.3 is 9.47 Å². The van der Waals surface area contributed by atoms with Gasteiger partial charge in [0.05, 0.1) is 12.2 Å². The van der Waals surface area contributed by atoms with Crippen LogP contribution in [0.25, 0.3) is 0 Å². The summed E-state index contributed by atoms with van der Waals surface area (Å²) in [5, 5.41) is 3.78. The second kappa shape index (κ2) is 9.55. The van der Waals surface area contributed by atoms with E-state index in [-0.39, 0.29) is 24.4 Å². The van der Waals surface area contributed by atoms with Crippen LogP contribution < -0.4 is 10.2 Å². The van der Waals surface area contributed by atoms with E-state index in [4.69, 9.17) is 9.47 Å². The van der Waals surface area contributed by atoms with Crippen molar-refractivity contribution < 1.29 is 19.1 Å². The van der Waals surface area contributed by atoms with Gasteiger partial charge in [-0.15, -0.1) is 0 Å². The fourth-order valence-corrected chi connectivity index (χ4v) is 1.40. The fourth-order valence-electron chi connectivity index (χ4n) is 1.40. The molecular weight excluding hydrogens is 284 g/mol.